The van der Waals surface area contributed by atoms with Crippen LogP contribution in [0, 0.1) is 0 Å². The highest BCUT2D eigenvalue weighted by Crippen LogP contribution is 2.44. The Morgan fingerprint density at radius 1 is 0.250 bits per heavy atom. The average Bonchev–Trinajstić information content (AvgIpc) is 0.737. The van der Waals surface area contributed by atoms with E-state index in [1.165, 1.54) is 146 Å². The van der Waals surface area contributed by atoms with Gasteiger partial charge in [0.05, 0.1) is 75.1 Å². The van der Waals surface area contributed by atoms with Crippen LogP contribution in [0.1, 0.15) is 166 Å². The maximum atomic E-state index is 13.7. The number of ether oxygens (including phenoxy) is 12. The first-order valence-corrected chi connectivity index (χ1v) is 38.4. The molecule has 0 aliphatic carbocycles. The molecule has 0 aromatic heterocycles. The van der Waals surface area contributed by atoms with Crippen LogP contribution in [0.2, 0.25) is 0 Å². The molecule has 0 aliphatic rings. The molecule has 4 N–H and O–H groups in total. The lowest BCUT2D eigenvalue weighted by Crippen LogP contribution is -2.56. The zero-order chi connectivity index (χ0) is 82.9. The number of hydrogen-bond acceptors (Lipinski definition) is 24. The van der Waals surface area contributed by atoms with Crippen LogP contribution in [0.4, 0.5) is 0 Å². The van der Waals surface area contributed by atoms with E-state index >= 15 is 0 Å². The Balaban J connectivity index is 1.03. The van der Waals surface area contributed by atoms with Gasteiger partial charge in [-0.2, -0.15) is 0 Å². The standard InChI is InChI=1S/C92H98O24/c1-5-81(93)109-61-21-13-9-17-57-105-73-41-25-65(26-42-73)87(99)113-77-49-33-69(34-50-77)91(103,70-35-51-78(52-36-70)114-88(100)66-27-43-74(44-28-66)106-58-18-10-14-22-62-110-82(94)6-2)85(97)86(98)92(104,71-37-53-79(54-38-71)115-89(101)67-29-45-75(46-30-67)107-59-19-11-15-23-63-111-83(95)7-3)72-39-55-80(56-40-72)116-90(102)68-31-47-76(48-32-68)108-60-20-12-16-24-64-112-84(96)8-4/h5-8,25-56,85-86,97-98,103-104H,1-4,9-24,57-64H2/t85-,86-/m1/s1. The maximum absolute atomic E-state index is 13.7. The average molecular weight is 1590 g/mol. The molecule has 0 aliphatic heterocycles. The second-order valence-corrected chi connectivity index (χ2v) is 26.7. The summed E-state index contributed by atoms with van der Waals surface area (Å²) in [6.45, 7) is 16.4. The Kier molecular flexibility index (Phi) is 36.3. The van der Waals surface area contributed by atoms with Crippen molar-refractivity contribution >= 4 is 47.8 Å². The van der Waals surface area contributed by atoms with E-state index in [0.29, 0.717) is 102 Å². The summed E-state index contributed by atoms with van der Waals surface area (Å²) < 4.78 is 66.7. The fraction of sp³-hybridized carbons (Fsp3) is 0.304. The number of hydrogen-bond donors (Lipinski definition) is 4. The number of unbranched alkanes of at least 4 members (excludes halogenated alkanes) is 12. The smallest absolute Gasteiger partial charge is 0.343 e. The van der Waals surface area contributed by atoms with E-state index in [-0.39, 0.29) is 67.5 Å². The SMILES string of the molecule is C=CC(=O)OCCCCCCOc1ccc(C(=O)Oc2ccc(C(O)(c3ccc(OC(=O)c4ccc(OCCCCCCOC(=O)C=C)cc4)cc3)[C@H](O)[C@@H](O)C(O)(c3ccc(OC(=O)c4ccc(OCCCCCCOC(=O)C=C)cc4)cc3)c3ccc(OC(=O)c4ccc(OCCCCCCOC(=O)C=C)cc4)cc3)cc2)cc1. The first kappa shape index (κ1) is 89.1. The van der Waals surface area contributed by atoms with Crippen molar-refractivity contribution in [3.8, 4) is 46.0 Å². The molecule has 116 heavy (non-hydrogen) atoms. The van der Waals surface area contributed by atoms with Crippen molar-refractivity contribution in [3.63, 3.8) is 0 Å². The van der Waals surface area contributed by atoms with E-state index in [2.05, 4.69) is 26.3 Å². The number of benzene rings is 8. The molecule has 610 valence electrons. The molecule has 0 heterocycles. The molecule has 24 heteroatoms. The molecule has 0 unspecified atom stereocenters. The van der Waals surface area contributed by atoms with Gasteiger partial charge in [-0.3, -0.25) is 0 Å². The van der Waals surface area contributed by atoms with Gasteiger partial charge in [-0.05, 0) is 271 Å². The van der Waals surface area contributed by atoms with Crippen LogP contribution in [0.5, 0.6) is 46.0 Å². The van der Waals surface area contributed by atoms with E-state index < -0.39 is 71.2 Å². The molecule has 0 saturated carbocycles. The number of esters is 8. The van der Waals surface area contributed by atoms with Gasteiger partial charge < -0.3 is 77.3 Å². The fourth-order valence-electron chi connectivity index (χ4n) is 11.9. The Bertz CT molecular complexity index is 3920. The van der Waals surface area contributed by atoms with Crippen LogP contribution in [0.15, 0.2) is 245 Å². The lowest BCUT2D eigenvalue weighted by Gasteiger charge is -2.43. The topological polar surface area (TPSA) is 328 Å². The number of aliphatic hydroxyl groups is 4. The third-order valence-corrected chi connectivity index (χ3v) is 18.4. The van der Waals surface area contributed by atoms with E-state index in [9.17, 15) is 58.8 Å². The fourth-order valence-corrected chi connectivity index (χ4v) is 11.9. The van der Waals surface area contributed by atoms with Crippen molar-refractivity contribution in [2.24, 2.45) is 0 Å². The number of carbonyl (C=O) groups excluding carboxylic acids is 8. The molecular formula is C92H98O24. The monoisotopic (exact) mass is 1590 g/mol. The minimum atomic E-state index is -2.72. The van der Waals surface area contributed by atoms with Gasteiger partial charge in [0.1, 0.15) is 69.4 Å². The van der Waals surface area contributed by atoms with Crippen LogP contribution >= 0.6 is 0 Å². The molecule has 0 radical (unpaired) electrons. The lowest BCUT2D eigenvalue weighted by molar-refractivity contribution is -0.167. The summed E-state index contributed by atoms with van der Waals surface area (Å²) in [7, 11) is 0. The first-order chi connectivity index (χ1) is 56.2. The first-order valence-electron chi connectivity index (χ1n) is 38.4. The van der Waals surface area contributed by atoms with Crippen LogP contribution in [0.25, 0.3) is 0 Å². The zero-order valence-corrected chi connectivity index (χ0v) is 64.7. The molecule has 0 saturated heterocycles. The van der Waals surface area contributed by atoms with Crippen molar-refractivity contribution in [1.82, 2.24) is 0 Å². The zero-order valence-electron chi connectivity index (χ0n) is 64.7. The second kappa shape index (κ2) is 47.3. The molecule has 8 aromatic rings. The van der Waals surface area contributed by atoms with E-state index in [1.807, 2.05) is 0 Å². The van der Waals surface area contributed by atoms with Crippen molar-refractivity contribution in [2.75, 3.05) is 52.9 Å². The van der Waals surface area contributed by atoms with Gasteiger partial charge in [0.15, 0.2) is 0 Å². The van der Waals surface area contributed by atoms with E-state index in [1.54, 1.807) is 48.5 Å². The quantitative estimate of drug-likeness (QED) is 0.00904. The predicted octanol–water partition coefficient (Wildman–Crippen LogP) is 15.1. The molecule has 0 fully saturated rings. The lowest BCUT2D eigenvalue weighted by atomic mass is 9.72. The van der Waals surface area contributed by atoms with Crippen LogP contribution < -0.4 is 37.9 Å². The summed E-state index contributed by atoms with van der Waals surface area (Å²) in [4.78, 5) is 99.8. The van der Waals surface area contributed by atoms with E-state index in [0.717, 1.165) is 101 Å². The van der Waals surface area contributed by atoms with Gasteiger partial charge in [-0.15, -0.1) is 0 Å². The summed E-state index contributed by atoms with van der Waals surface area (Å²) in [5, 5.41) is 53.1. The molecular weight excluding hydrogens is 1490 g/mol. The van der Waals surface area contributed by atoms with Gasteiger partial charge >= 0.3 is 47.8 Å². The molecule has 8 rings (SSSR count). The minimum absolute atomic E-state index is 0.00770. The van der Waals surface area contributed by atoms with Crippen molar-refractivity contribution in [3.05, 3.63) is 289 Å². The Morgan fingerprint density at radius 3 is 0.586 bits per heavy atom. The summed E-state index contributed by atoms with van der Waals surface area (Å²) >= 11 is 0. The maximum Gasteiger partial charge on any atom is 0.343 e. The highest BCUT2D eigenvalue weighted by Gasteiger charge is 2.52. The Labute approximate surface area is 674 Å². The highest BCUT2D eigenvalue weighted by atomic mass is 16.6. The minimum Gasteiger partial charge on any atom is -0.494 e. The van der Waals surface area contributed by atoms with E-state index in [4.69, 9.17) is 56.8 Å². The number of carbonyl (C=O) groups is 8. The van der Waals surface area contributed by atoms with Gasteiger partial charge in [0.2, 0.25) is 0 Å². The Hall–Kier alpha value is -12.5. The van der Waals surface area contributed by atoms with Gasteiger partial charge in [0, 0.05) is 24.3 Å². The van der Waals surface area contributed by atoms with Crippen molar-refractivity contribution in [1.29, 1.82) is 0 Å². The molecule has 2 atom stereocenters. The molecule has 0 bridgehead atoms. The number of rotatable bonds is 51. The third-order valence-electron chi connectivity index (χ3n) is 18.4. The highest BCUT2D eigenvalue weighted by molar-refractivity contribution is 5.93. The summed E-state index contributed by atoms with van der Waals surface area (Å²) in [5.74, 6) is -2.76. The van der Waals surface area contributed by atoms with Crippen molar-refractivity contribution in [2.45, 2.75) is 126 Å². The van der Waals surface area contributed by atoms with Gasteiger partial charge in [-0.1, -0.05) is 74.8 Å². The number of aliphatic hydroxyl groups excluding tert-OH is 2. The molecule has 0 amide bonds. The third kappa shape index (κ3) is 28.0. The molecule has 8 aromatic carbocycles. The van der Waals surface area contributed by atoms with Crippen LogP contribution in [-0.4, -0.2) is 133 Å². The van der Waals surface area contributed by atoms with Crippen LogP contribution in [-0.2, 0) is 49.3 Å². The van der Waals surface area contributed by atoms with Crippen molar-refractivity contribution < 1.29 is 116 Å². The largest absolute Gasteiger partial charge is 0.494 e. The molecule has 24 nitrogen and oxygen atoms in total. The summed E-state index contributed by atoms with van der Waals surface area (Å²) in [6.07, 6.45) is 12.0. The normalized spacial score (nSPS) is 11.6. The summed E-state index contributed by atoms with van der Waals surface area (Å²) in [6, 6.07) is 46.9. The molecule has 0 spiro atoms. The summed E-state index contributed by atoms with van der Waals surface area (Å²) in [5.41, 5.74) is -5.12. The predicted molar refractivity (Wildman–Crippen MR) is 430 cm³/mol. The Morgan fingerprint density at radius 2 is 0.414 bits per heavy atom. The van der Waals surface area contributed by atoms with Gasteiger partial charge in [0.25, 0.3) is 0 Å². The van der Waals surface area contributed by atoms with Crippen LogP contribution in [0.3, 0.4) is 0 Å². The van der Waals surface area contributed by atoms with Gasteiger partial charge in [-0.25, -0.2) is 38.4 Å². The second-order valence-electron chi connectivity index (χ2n) is 26.7.